The lowest BCUT2D eigenvalue weighted by Crippen LogP contribution is -2.42. The number of thiophene rings is 1. The number of halogens is 2. The fraction of sp³-hybridized carbons (Fsp3) is 0.556. The molecule has 2 N–H and O–H groups in total. The van der Waals surface area contributed by atoms with Gasteiger partial charge in [-0.2, -0.15) is 0 Å². The van der Waals surface area contributed by atoms with Crippen molar-refractivity contribution in [2.24, 2.45) is 0 Å². The first-order chi connectivity index (χ1) is 6.27. The maximum atomic E-state index is 3.55. The lowest BCUT2D eigenvalue weighted by molar-refractivity contribution is 0.435. The van der Waals surface area contributed by atoms with E-state index in [1.165, 1.54) is 14.2 Å². The van der Waals surface area contributed by atoms with Gasteiger partial charge in [0.1, 0.15) is 0 Å². The van der Waals surface area contributed by atoms with Gasteiger partial charge in [0.25, 0.3) is 0 Å². The van der Waals surface area contributed by atoms with Crippen molar-refractivity contribution in [3.63, 3.8) is 0 Å². The molecular formula is C9H14BrClN2S. The largest absolute Gasteiger partial charge is 0.314 e. The van der Waals surface area contributed by atoms with Crippen molar-refractivity contribution in [3.8, 4) is 0 Å². The van der Waals surface area contributed by atoms with Crippen LogP contribution >= 0.6 is 39.7 Å². The number of aryl methyl sites for hydroxylation is 1. The van der Waals surface area contributed by atoms with Gasteiger partial charge >= 0.3 is 0 Å². The van der Waals surface area contributed by atoms with Crippen LogP contribution in [0.2, 0.25) is 0 Å². The molecule has 1 fully saturated rings. The van der Waals surface area contributed by atoms with E-state index in [2.05, 4.69) is 39.6 Å². The van der Waals surface area contributed by atoms with Crippen LogP contribution < -0.4 is 10.6 Å². The Morgan fingerprint density at radius 1 is 1.50 bits per heavy atom. The summed E-state index contributed by atoms with van der Waals surface area (Å²) in [5.74, 6) is 0. The predicted molar refractivity (Wildman–Crippen MR) is 67.6 cm³/mol. The van der Waals surface area contributed by atoms with E-state index in [4.69, 9.17) is 0 Å². The molecule has 1 aliphatic rings. The molecule has 14 heavy (non-hydrogen) atoms. The van der Waals surface area contributed by atoms with Crippen LogP contribution in [0.3, 0.4) is 0 Å². The van der Waals surface area contributed by atoms with Crippen LogP contribution in [-0.4, -0.2) is 19.6 Å². The van der Waals surface area contributed by atoms with Gasteiger partial charge in [-0.25, -0.2) is 0 Å². The summed E-state index contributed by atoms with van der Waals surface area (Å²) >= 11 is 5.39. The molecule has 2 rings (SSSR count). The number of nitrogens with one attached hydrogen (secondary N) is 2. The molecule has 0 aliphatic carbocycles. The van der Waals surface area contributed by atoms with E-state index in [0.29, 0.717) is 6.04 Å². The monoisotopic (exact) mass is 296 g/mol. The zero-order valence-corrected chi connectivity index (χ0v) is 11.2. The highest BCUT2D eigenvalue weighted by atomic mass is 79.9. The van der Waals surface area contributed by atoms with Crippen molar-refractivity contribution in [1.29, 1.82) is 0 Å². The quantitative estimate of drug-likeness (QED) is 0.832. The Balaban J connectivity index is 0.000000980. The summed E-state index contributed by atoms with van der Waals surface area (Å²) < 4.78 is 1.26. The van der Waals surface area contributed by atoms with Gasteiger partial charge in [-0.05, 0) is 34.5 Å². The Bertz CT molecular complexity index is 278. The van der Waals surface area contributed by atoms with Crippen molar-refractivity contribution in [3.05, 3.63) is 20.3 Å². The molecule has 0 unspecified atom stereocenters. The van der Waals surface area contributed by atoms with Gasteiger partial charge in [-0.3, -0.25) is 0 Å². The normalized spacial score (nSPS) is 21.7. The van der Waals surface area contributed by atoms with E-state index >= 15 is 0 Å². The van der Waals surface area contributed by atoms with Crippen LogP contribution in [0.1, 0.15) is 16.5 Å². The third-order valence-corrected chi connectivity index (χ3v) is 4.51. The van der Waals surface area contributed by atoms with Gasteiger partial charge in [0, 0.05) is 24.5 Å². The Morgan fingerprint density at radius 3 is 2.79 bits per heavy atom. The molecule has 80 valence electrons. The van der Waals surface area contributed by atoms with E-state index in [9.17, 15) is 0 Å². The van der Waals surface area contributed by atoms with Gasteiger partial charge in [0.2, 0.25) is 0 Å². The molecular weight excluding hydrogens is 284 g/mol. The third kappa shape index (κ3) is 2.70. The molecule has 2 heterocycles. The minimum atomic E-state index is 0. The van der Waals surface area contributed by atoms with Crippen molar-refractivity contribution in [2.45, 2.75) is 13.0 Å². The standard InChI is InChI=1S/C9H13BrN2S.ClH/c1-6-4-8(13-9(6)10)7-5-11-2-3-12-7;/h4,7,11-12H,2-3,5H2,1H3;1H/t7-;/m1./s1. The van der Waals surface area contributed by atoms with E-state index in [1.807, 2.05) is 11.3 Å². The molecule has 0 radical (unpaired) electrons. The average molecular weight is 298 g/mol. The molecule has 0 aromatic carbocycles. The lowest BCUT2D eigenvalue weighted by Gasteiger charge is -2.23. The van der Waals surface area contributed by atoms with Gasteiger partial charge in [0.05, 0.1) is 9.83 Å². The van der Waals surface area contributed by atoms with E-state index in [-0.39, 0.29) is 12.4 Å². The number of hydrogen-bond acceptors (Lipinski definition) is 3. The number of hydrogen-bond donors (Lipinski definition) is 2. The zero-order valence-electron chi connectivity index (χ0n) is 7.97. The van der Waals surface area contributed by atoms with Gasteiger partial charge in [-0.15, -0.1) is 23.7 Å². The lowest BCUT2D eigenvalue weighted by atomic mass is 10.2. The molecule has 5 heteroatoms. The van der Waals surface area contributed by atoms with E-state index < -0.39 is 0 Å². The molecule has 0 amide bonds. The molecule has 1 aliphatic heterocycles. The fourth-order valence-electron chi connectivity index (χ4n) is 1.51. The summed E-state index contributed by atoms with van der Waals surface area (Å²) in [6.45, 7) is 5.34. The van der Waals surface area contributed by atoms with Crippen molar-refractivity contribution < 1.29 is 0 Å². The Hall–Kier alpha value is 0.390. The molecule has 1 aromatic rings. The summed E-state index contributed by atoms with van der Waals surface area (Å²) in [6, 6.07) is 2.77. The first-order valence-electron chi connectivity index (χ1n) is 4.47. The molecule has 1 saturated heterocycles. The Morgan fingerprint density at radius 2 is 2.29 bits per heavy atom. The van der Waals surface area contributed by atoms with Crippen molar-refractivity contribution in [2.75, 3.05) is 19.6 Å². The second-order valence-electron chi connectivity index (χ2n) is 3.32. The summed E-state index contributed by atoms with van der Waals surface area (Å²) in [4.78, 5) is 1.43. The van der Waals surface area contributed by atoms with Crippen LogP contribution in [0.5, 0.6) is 0 Å². The van der Waals surface area contributed by atoms with E-state index in [0.717, 1.165) is 19.6 Å². The van der Waals surface area contributed by atoms with Crippen LogP contribution in [0.15, 0.2) is 9.85 Å². The maximum Gasteiger partial charge on any atom is 0.0731 e. The van der Waals surface area contributed by atoms with Gasteiger partial charge < -0.3 is 10.6 Å². The van der Waals surface area contributed by atoms with Crippen LogP contribution in [0.4, 0.5) is 0 Å². The summed E-state index contributed by atoms with van der Waals surface area (Å²) in [6.07, 6.45) is 0. The van der Waals surface area contributed by atoms with Crippen molar-refractivity contribution in [1.82, 2.24) is 10.6 Å². The van der Waals surface area contributed by atoms with Gasteiger partial charge in [-0.1, -0.05) is 0 Å². The second-order valence-corrected chi connectivity index (χ2v) is 5.72. The summed E-state index contributed by atoms with van der Waals surface area (Å²) in [5.41, 5.74) is 1.34. The zero-order chi connectivity index (χ0) is 9.26. The maximum absolute atomic E-state index is 3.55. The van der Waals surface area contributed by atoms with E-state index in [1.54, 1.807) is 0 Å². The first-order valence-corrected chi connectivity index (χ1v) is 6.08. The highest BCUT2D eigenvalue weighted by Crippen LogP contribution is 2.31. The highest BCUT2D eigenvalue weighted by Gasteiger charge is 2.16. The van der Waals surface area contributed by atoms with Crippen LogP contribution in [-0.2, 0) is 0 Å². The number of rotatable bonds is 1. The van der Waals surface area contributed by atoms with Crippen LogP contribution in [0.25, 0.3) is 0 Å². The van der Waals surface area contributed by atoms with Crippen molar-refractivity contribution >= 4 is 39.7 Å². The van der Waals surface area contributed by atoms with Crippen LogP contribution in [0, 0.1) is 6.92 Å². The Kier molecular flexibility index (Phi) is 4.87. The Labute approximate surface area is 103 Å². The minimum Gasteiger partial charge on any atom is -0.314 e. The average Bonchev–Trinajstić information content (AvgIpc) is 2.49. The molecule has 0 spiro atoms. The smallest absolute Gasteiger partial charge is 0.0731 e. The predicted octanol–water partition coefficient (Wildman–Crippen LogP) is 2.47. The molecule has 1 aromatic heterocycles. The minimum absolute atomic E-state index is 0. The third-order valence-electron chi connectivity index (χ3n) is 2.26. The molecule has 0 saturated carbocycles. The summed E-state index contributed by atoms with van der Waals surface area (Å²) in [5, 5.41) is 6.89. The first kappa shape index (κ1) is 12.5. The molecule has 1 atom stereocenters. The second kappa shape index (κ2) is 5.47. The summed E-state index contributed by atoms with van der Waals surface area (Å²) in [7, 11) is 0. The van der Waals surface area contributed by atoms with Gasteiger partial charge in [0.15, 0.2) is 0 Å². The number of piperazine rings is 1. The molecule has 0 bridgehead atoms. The fourth-order valence-corrected chi connectivity index (χ4v) is 3.16. The topological polar surface area (TPSA) is 24.1 Å². The SMILES string of the molecule is Cc1cc([C@H]2CNCCN2)sc1Br.Cl. The molecule has 2 nitrogen and oxygen atoms in total. The highest BCUT2D eigenvalue weighted by molar-refractivity contribution is 9.11.